The molecule has 23 heavy (non-hydrogen) atoms. The molecule has 2 aromatic carbocycles. The third kappa shape index (κ3) is 3.49. The maximum atomic E-state index is 11.2. The Morgan fingerprint density at radius 1 is 1.09 bits per heavy atom. The van der Waals surface area contributed by atoms with Crippen LogP contribution >= 0.6 is 39.9 Å². The summed E-state index contributed by atoms with van der Waals surface area (Å²) in [4.78, 5) is 16.7. The predicted octanol–water partition coefficient (Wildman–Crippen LogP) is 5.30. The van der Waals surface area contributed by atoms with Crippen LogP contribution in [0.3, 0.4) is 0 Å². The first-order chi connectivity index (χ1) is 11.1. The molecule has 0 fully saturated rings. The van der Waals surface area contributed by atoms with E-state index in [0.29, 0.717) is 5.01 Å². The molecule has 0 bridgehead atoms. The fourth-order valence-electron chi connectivity index (χ4n) is 2.15. The largest absolute Gasteiger partial charge is 0.480 e. The van der Waals surface area contributed by atoms with E-state index in [1.165, 1.54) is 11.3 Å². The van der Waals surface area contributed by atoms with E-state index in [1.54, 1.807) is 0 Å². The second-order valence-electron chi connectivity index (χ2n) is 4.84. The quantitative estimate of drug-likeness (QED) is 0.579. The summed E-state index contributed by atoms with van der Waals surface area (Å²) in [7, 11) is 0. The minimum atomic E-state index is -0.996. The number of aromatic nitrogens is 1. The van der Waals surface area contributed by atoms with Crippen molar-refractivity contribution in [3.8, 4) is 21.7 Å². The Kier molecular flexibility index (Phi) is 4.84. The lowest BCUT2D eigenvalue weighted by Gasteiger charge is -2.03. The topological polar surface area (TPSA) is 50.2 Å². The van der Waals surface area contributed by atoms with Crippen molar-refractivity contribution in [3.05, 3.63) is 64.1 Å². The first-order valence-electron chi connectivity index (χ1n) is 6.79. The van der Waals surface area contributed by atoms with E-state index in [1.807, 2.05) is 54.6 Å². The maximum absolute atomic E-state index is 11.2. The highest BCUT2D eigenvalue weighted by atomic mass is 79.9. The van der Waals surface area contributed by atoms with Gasteiger partial charge in [0, 0.05) is 10.0 Å². The van der Waals surface area contributed by atoms with Gasteiger partial charge in [-0.1, -0.05) is 58.4 Å². The molecule has 1 unspecified atom stereocenters. The number of carbonyl (C=O) groups is 1. The maximum Gasteiger partial charge on any atom is 0.323 e. The summed E-state index contributed by atoms with van der Waals surface area (Å²) >= 11 is 8.95. The molecule has 0 spiro atoms. The van der Waals surface area contributed by atoms with E-state index in [0.717, 1.165) is 26.2 Å². The molecule has 0 saturated carbocycles. The third-order valence-corrected chi connectivity index (χ3v) is 5.60. The highest BCUT2D eigenvalue weighted by Crippen LogP contribution is 2.40. The lowest BCUT2D eigenvalue weighted by Crippen LogP contribution is -2.04. The molecule has 0 radical (unpaired) electrons. The molecule has 3 nitrogen and oxygen atoms in total. The van der Waals surface area contributed by atoms with Gasteiger partial charge in [-0.25, -0.2) is 4.98 Å². The van der Waals surface area contributed by atoms with Crippen LogP contribution in [0.5, 0.6) is 0 Å². The Hall–Kier alpha value is -1.63. The number of benzene rings is 2. The van der Waals surface area contributed by atoms with Crippen molar-refractivity contribution < 1.29 is 9.90 Å². The number of nitrogens with zero attached hydrogens (tertiary/aromatic N) is 1. The molecular formula is C17H12BrNO2S2. The average molecular weight is 406 g/mol. The van der Waals surface area contributed by atoms with Crippen LogP contribution in [0.4, 0.5) is 0 Å². The zero-order valence-corrected chi connectivity index (χ0v) is 15.1. The van der Waals surface area contributed by atoms with E-state index < -0.39 is 11.2 Å². The molecule has 3 rings (SSSR count). The lowest BCUT2D eigenvalue weighted by atomic mass is 10.1. The lowest BCUT2D eigenvalue weighted by molar-refractivity contribution is -0.136. The smallest absolute Gasteiger partial charge is 0.323 e. The minimum absolute atomic E-state index is 0.484. The zero-order chi connectivity index (χ0) is 16.4. The van der Waals surface area contributed by atoms with Gasteiger partial charge in [-0.2, -0.15) is 12.6 Å². The van der Waals surface area contributed by atoms with Crippen molar-refractivity contribution >= 4 is 45.9 Å². The molecule has 1 N–H and O–H groups in total. The minimum Gasteiger partial charge on any atom is -0.480 e. The molecular weight excluding hydrogens is 394 g/mol. The van der Waals surface area contributed by atoms with Gasteiger partial charge in [0.15, 0.2) is 5.25 Å². The molecule has 0 aliphatic heterocycles. The zero-order valence-electron chi connectivity index (χ0n) is 11.8. The van der Waals surface area contributed by atoms with Crippen molar-refractivity contribution in [3.63, 3.8) is 0 Å². The van der Waals surface area contributed by atoms with Crippen LogP contribution in [0.1, 0.15) is 10.3 Å². The highest BCUT2D eigenvalue weighted by molar-refractivity contribution is 9.10. The molecule has 0 aliphatic carbocycles. The van der Waals surface area contributed by atoms with Crippen LogP contribution < -0.4 is 0 Å². The number of carboxylic acids is 1. The Morgan fingerprint density at radius 2 is 1.74 bits per heavy atom. The molecule has 1 aromatic heterocycles. The first-order valence-corrected chi connectivity index (χ1v) is 8.92. The van der Waals surface area contributed by atoms with Crippen molar-refractivity contribution in [1.29, 1.82) is 0 Å². The number of hydrogen-bond acceptors (Lipinski definition) is 4. The van der Waals surface area contributed by atoms with E-state index >= 15 is 0 Å². The fraction of sp³-hybridized carbons (Fsp3) is 0.0588. The van der Waals surface area contributed by atoms with Crippen molar-refractivity contribution in [2.45, 2.75) is 5.25 Å². The average Bonchev–Trinajstić information content (AvgIpc) is 3.00. The van der Waals surface area contributed by atoms with Gasteiger partial charge in [-0.3, -0.25) is 4.79 Å². The molecule has 1 heterocycles. The van der Waals surface area contributed by atoms with Gasteiger partial charge in [0.05, 0.1) is 10.6 Å². The van der Waals surface area contributed by atoms with E-state index in [9.17, 15) is 9.90 Å². The van der Waals surface area contributed by atoms with E-state index in [-0.39, 0.29) is 0 Å². The van der Waals surface area contributed by atoms with Crippen molar-refractivity contribution in [2.24, 2.45) is 0 Å². The van der Waals surface area contributed by atoms with Gasteiger partial charge in [0.2, 0.25) is 0 Å². The number of thiazole rings is 1. The van der Waals surface area contributed by atoms with Gasteiger partial charge in [0.1, 0.15) is 5.01 Å². The summed E-state index contributed by atoms with van der Waals surface area (Å²) in [5, 5.41) is 8.76. The molecule has 6 heteroatoms. The van der Waals surface area contributed by atoms with Crippen LogP contribution in [0, 0.1) is 0 Å². The standard InChI is InChI=1S/C17H12BrNO2S2/c18-12-8-6-11(7-9-12)15-13(10-4-2-1-3-5-10)19-16(23-15)14(22)17(20)21/h1-9,14,22H,(H,20,21). The van der Waals surface area contributed by atoms with Gasteiger partial charge in [0.25, 0.3) is 0 Å². The summed E-state index contributed by atoms with van der Waals surface area (Å²) in [6, 6.07) is 17.6. The van der Waals surface area contributed by atoms with Crippen LogP contribution in [0.25, 0.3) is 21.7 Å². The number of halogens is 1. The molecule has 1 atom stereocenters. The van der Waals surface area contributed by atoms with Crippen molar-refractivity contribution in [1.82, 2.24) is 4.98 Å². The van der Waals surface area contributed by atoms with Crippen LogP contribution in [0.2, 0.25) is 0 Å². The first kappa shape index (κ1) is 16.2. The number of hydrogen-bond donors (Lipinski definition) is 2. The van der Waals surface area contributed by atoms with E-state index in [2.05, 4.69) is 33.5 Å². The SMILES string of the molecule is O=C(O)C(S)c1nc(-c2ccccc2)c(-c2ccc(Br)cc2)s1. The Morgan fingerprint density at radius 3 is 2.35 bits per heavy atom. The summed E-state index contributed by atoms with van der Waals surface area (Å²) in [6.07, 6.45) is 0. The van der Waals surface area contributed by atoms with Gasteiger partial charge in [-0.15, -0.1) is 11.3 Å². The van der Waals surface area contributed by atoms with Crippen LogP contribution in [-0.2, 0) is 4.79 Å². The molecule has 116 valence electrons. The van der Waals surface area contributed by atoms with E-state index in [4.69, 9.17) is 0 Å². The van der Waals surface area contributed by atoms with Crippen LogP contribution in [-0.4, -0.2) is 16.1 Å². The molecule has 0 aliphatic rings. The normalized spacial score (nSPS) is 12.1. The number of thiol groups is 1. The summed E-state index contributed by atoms with van der Waals surface area (Å²) in [5.41, 5.74) is 2.74. The Labute approximate surface area is 151 Å². The Bertz CT molecular complexity index is 832. The molecule has 0 amide bonds. The fourth-order valence-corrected chi connectivity index (χ4v) is 3.70. The molecule has 3 aromatic rings. The third-order valence-electron chi connectivity index (χ3n) is 3.27. The van der Waals surface area contributed by atoms with Gasteiger partial charge in [-0.05, 0) is 17.7 Å². The Balaban J connectivity index is 2.16. The second kappa shape index (κ2) is 6.86. The highest BCUT2D eigenvalue weighted by Gasteiger charge is 2.23. The van der Waals surface area contributed by atoms with Gasteiger partial charge >= 0.3 is 5.97 Å². The number of carboxylic acid groups (broad SMARTS) is 1. The summed E-state index contributed by atoms with van der Waals surface area (Å²) < 4.78 is 0.991. The number of aliphatic carboxylic acids is 1. The monoisotopic (exact) mass is 405 g/mol. The summed E-state index contributed by atoms with van der Waals surface area (Å²) in [6.45, 7) is 0. The second-order valence-corrected chi connectivity index (χ2v) is 7.31. The van der Waals surface area contributed by atoms with Gasteiger partial charge < -0.3 is 5.11 Å². The molecule has 0 saturated heterocycles. The summed E-state index contributed by atoms with van der Waals surface area (Å²) in [5.74, 6) is -0.996. The predicted molar refractivity (Wildman–Crippen MR) is 100 cm³/mol. The number of rotatable bonds is 4. The van der Waals surface area contributed by atoms with Crippen LogP contribution in [0.15, 0.2) is 59.1 Å². The van der Waals surface area contributed by atoms with Crippen molar-refractivity contribution in [2.75, 3.05) is 0 Å².